The predicted molar refractivity (Wildman–Crippen MR) is 144 cm³/mol. The molecule has 0 spiro atoms. The lowest BCUT2D eigenvalue weighted by atomic mass is 9.94. The standard InChI is InChI=1S/C25H25Cl2N3O4S2/c1-24(2,3)36(32)30-21(14-4-6-16(26)17(27)10-14)20-12-28-23(35-20)29-22(31)25(8-9-25)15-5-7-18-19(11-15)34-13-33-18/h4-7,10-12,21,30H,8-9,13H2,1-3H3,(H,28,29,31)/t21-,36?/m0/s1. The van der Waals surface area contributed by atoms with E-state index in [0.29, 0.717) is 26.7 Å². The van der Waals surface area contributed by atoms with Gasteiger partial charge in [-0.1, -0.05) is 46.7 Å². The van der Waals surface area contributed by atoms with Crippen molar-refractivity contribution in [1.29, 1.82) is 0 Å². The van der Waals surface area contributed by atoms with E-state index in [4.69, 9.17) is 32.7 Å². The summed E-state index contributed by atoms with van der Waals surface area (Å²) < 4.78 is 26.6. The van der Waals surface area contributed by atoms with Crippen molar-refractivity contribution in [2.24, 2.45) is 0 Å². The number of thiazole rings is 1. The molecule has 1 saturated carbocycles. The Morgan fingerprint density at radius 2 is 1.89 bits per heavy atom. The third-order valence-corrected chi connectivity index (χ3v) is 9.48. The van der Waals surface area contributed by atoms with E-state index in [0.717, 1.165) is 28.8 Å². The van der Waals surface area contributed by atoms with Gasteiger partial charge in [0, 0.05) is 17.6 Å². The molecule has 1 aliphatic heterocycles. The first kappa shape index (κ1) is 25.6. The lowest BCUT2D eigenvalue weighted by molar-refractivity contribution is -0.118. The number of carbonyl (C=O) groups excluding carboxylic acids is 1. The highest BCUT2D eigenvalue weighted by Crippen LogP contribution is 2.51. The number of benzene rings is 2. The summed E-state index contributed by atoms with van der Waals surface area (Å²) in [5, 5.41) is 4.29. The largest absolute Gasteiger partial charge is 0.598 e. The second-order valence-electron chi connectivity index (χ2n) is 9.78. The molecule has 0 radical (unpaired) electrons. The zero-order chi connectivity index (χ0) is 25.7. The van der Waals surface area contributed by atoms with Gasteiger partial charge in [0.25, 0.3) is 0 Å². The summed E-state index contributed by atoms with van der Waals surface area (Å²) in [5.74, 6) is 1.23. The second-order valence-corrected chi connectivity index (χ2v) is 13.7. The van der Waals surface area contributed by atoms with E-state index in [1.165, 1.54) is 11.3 Å². The number of aromatic nitrogens is 1. The quantitative estimate of drug-likeness (QED) is 0.341. The number of anilines is 1. The third-order valence-electron chi connectivity index (χ3n) is 6.20. The second kappa shape index (κ2) is 9.70. The van der Waals surface area contributed by atoms with Gasteiger partial charge in [-0.2, -0.15) is 0 Å². The number of amides is 1. The SMILES string of the molecule is CC(C)(C)[S+]([O-])N[C@@H](c1ccc(Cl)c(Cl)c1)c1cnc(NC(=O)C2(c3ccc4c(c3)OCO4)CC2)s1. The van der Waals surface area contributed by atoms with Crippen molar-refractivity contribution in [2.45, 2.75) is 49.8 Å². The number of ether oxygens (including phenoxy) is 2. The Hall–Kier alpha value is -2.01. The van der Waals surface area contributed by atoms with Crippen molar-refractivity contribution < 1.29 is 18.8 Å². The van der Waals surface area contributed by atoms with E-state index in [9.17, 15) is 9.35 Å². The molecule has 1 fully saturated rings. The fraction of sp³-hybridized carbons (Fsp3) is 0.360. The van der Waals surface area contributed by atoms with Crippen molar-refractivity contribution in [3.8, 4) is 11.5 Å². The van der Waals surface area contributed by atoms with Gasteiger partial charge in [0.2, 0.25) is 12.7 Å². The van der Waals surface area contributed by atoms with Crippen LogP contribution in [0.3, 0.4) is 0 Å². The molecule has 1 amide bonds. The molecule has 0 bridgehead atoms. The van der Waals surface area contributed by atoms with Crippen LogP contribution in [0, 0.1) is 0 Å². The van der Waals surface area contributed by atoms with Crippen molar-refractivity contribution >= 4 is 56.9 Å². The minimum Gasteiger partial charge on any atom is -0.598 e. The van der Waals surface area contributed by atoms with Crippen LogP contribution in [-0.2, 0) is 21.6 Å². The molecule has 190 valence electrons. The lowest BCUT2D eigenvalue weighted by Crippen LogP contribution is -2.41. The van der Waals surface area contributed by atoms with Crippen molar-refractivity contribution in [1.82, 2.24) is 9.71 Å². The average Bonchev–Trinajstić information content (AvgIpc) is 3.29. The predicted octanol–water partition coefficient (Wildman–Crippen LogP) is 5.99. The number of hydrogen-bond donors (Lipinski definition) is 2. The maximum absolute atomic E-state index is 13.3. The third kappa shape index (κ3) is 5.05. The topological polar surface area (TPSA) is 95.5 Å². The molecule has 1 aliphatic carbocycles. The molecule has 1 unspecified atom stereocenters. The molecule has 7 nitrogen and oxygen atoms in total. The van der Waals surface area contributed by atoms with E-state index < -0.39 is 27.6 Å². The number of hydrogen-bond acceptors (Lipinski definition) is 7. The monoisotopic (exact) mass is 565 g/mol. The van der Waals surface area contributed by atoms with Crippen LogP contribution in [-0.4, -0.2) is 27.0 Å². The van der Waals surface area contributed by atoms with Gasteiger partial charge in [0.1, 0.15) is 10.8 Å². The normalized spacial score (nSPS) is 17.5. The van der Waals surface area contributed by atoms with Crippen LogP contribution in [0.2, 0.25) is 10.0 Å². The fourth-order valence-corrected chi connectivity index (χ4v) is 6.03. The highest BCUT2D eigenvalue weighted by atomic mass is 35.5. The zero-order valence-corrected chi connectivity index (χ0v) is 23.0. The van der Waals surface area contributed by atoms with Gasteiger partial charge in [-0.3, -0.25) is 4.79 Å². The van der Waals surface area contributed by atoms with Crippen LogP contribution in [0.4, 0.5) is 5.13 Å². The lowest BCUT2D eigenvalue weighted by Gasteiger charge is -2.27. The van der Waals surface area contributed by atoms with Crippen LogP contribution < -0.4 is 19.5 Å². The molecular formula is C25H25Cl2N3O4S2. The first-order valence-electron chi connectivity index (χ1n) is 11.4. The molecular weight excluding hydrogens is 541 g/mol. The molecule has 2 heterocycles. The molecule has 36 heavy (non-hydrogen) atoms. The maximum Gasteiger partial charge on any atom is 0.236 e. The van der Waals surface area contributed by atoms with Crippen molar-refractivity contribution in [3.63, 3.8) is 0 Å². The minimum atomic E-state index is -1.37. The van der Waals surface area contributed by atoms with Gasteiger partial charge >= 0.3 is 0 Å². The van der Waals surface area contributed by atoms with Crippen LogP contribution in [0.25, 0.3) is 0 Å². The van der Waals surface area contributed by atoms with Gasteiger partial charge in [-0.25, -0.2) is 4.98 Å². The van der Waals surface area contributed by atoms with Crippen LogP contribution in [0.5, 0.6) is 11.5 Å². The number of halogens is 2. The Kier molecular flexibility index (Phi) is 6.91. The van der Waals surface area contributed by atoms with E-state index in [1.807, 2.05) is 45.0 Å². The number of carbonyl (C=O) groups is 1. The molecule has 2 aromatic carbocycles. The van der Waals surface area contributed by atoms with Gasteiger partial charge in [0.15, 0.2) is 16.6 Å². The summed E-state index contributed by atoms with van der Waals surface area (Å²) >= 11 is 12.3. The van der Waals surface area contributed by atoms with Gasteiger partial charge in [0.05, 0.1) is 20.3 Å². The number of nitrogens with zero attached hydrogens (tertiary/aromatic N) is 1. The molecule has 5 rings (SSSR count). The Bertz CT molecular complexity index is 1310. The summed E-state index contributed by atoms with van der Waals surface area (Å²) in [6.45, 7) is 5.87. The summed E-state index contributed by atoms with van der Waals surface area (Å²) in [4.78, 5) is 18.6. The van der Waals surface area contributed by atoms with Gasteiger partial charge in [-0.15, -0.1) is 4.72 Å². The molecule has 1 aromatic heterocycles. The Morgan fingerprint density at radius 3 is 2.58 bits per heavy atom. The summed E-state index contributed by atoms with van der Waals surface area (Å²) in [5.41, 5.74) is 1.08. The van der Waals surface area contributed by atoms with Crippen molar-refractivity contribution in [3.05, 3.63) is 68.6 Å². The van der Waals surface area contributed by atoms with E-state index in [1.54, 1.807) is 18.3 Å². The van der Waals surface area contributed by atoms with Crippen LogP contribution >= 0.6 is 34.5 Å². The number of nitrogens with one attached hydrogen (secondary N) is 2. The van der Waals surface area contributed by atoms with E-state index in [-0.39, 0.29) is 12.7 Å². The first-order valence-corrected chi connectivity index (χ1v) is 14.1. The Morgan fingerprint density at radius 1 is 1.14 bits per heavy atom. The molecule has 2 atom stereocenters. The smallest absolute Gasteiger partial charge is 0.236 e. The minimum absolute atomic E-state index is 0.112. The first-order chi connectivity index (χ1) is 17.1. The highest BCUT2D eigenvalue weighted by Gasteiger charge is 2.52. The molecule has 0 saturated heterocycles. The molecule has 2 N–H and O–H groups in total. The van der Waals surface area contributed by atoms with E-state index in [2.05, 4.69) is 15.0 Å². The molecule has 11 heteroatoms. The Labute approximate surface area is 226 Å². The zero-order valence-electron chi connectivity index (χ0n) is 19.9. The van der Waals surface area contributed by atoms with Crippen LogP contribution in [0.1, 0.15) is 55.7 Å². The average molecular weight is 567 g/mol. The summed E-state index contributed by atoms with van der Waals surface area (Å²) in [6, 6.07) is 10.5. The summed E-state index contributed by atoms with van der Waals surface area (Å²) in [6.07, 6.45) is 3.17. The maximum atomic E-state index is 13.3. The van der Waals surface area contributed by atoms with Gasteiger partial charge < -0.3 is 19.3 Å². The highest BCUT2D eigenvalue weighted by molar-refractivity contribution is 7.90. The van der Waals surface area contributed by atoms with Crippen LogP contribution in [0.15, 0.2) is 42.6 Å². The fourth-order valence-electron chi connectivity index (χ4n) is 3.93. The Balaban J connectivity index is 1.38. The van der Waals surface area contributed by atoms with Crippen molar-refractivity contribution in [2.75, 3.05) is 12.1 Å². The van der Waals surface area contributed by atoms with E-state index >= 15 is 0 Å². The number of rotatable bonds is 7. The number of fused-ring (bicyclic) bond motifs is 1. The molecule has 2 aliphatic rings. The van der Waals surface area contributed by atoms with Gasteiger partial charge in [-0.05, 0) is 69.0 Å². The molecule has 3 aromatic rings. The summed E-state index contributed by atoms with van der Waals surface area (Å²) in [7, 11) is 0.